The molecule has 3 rings (SSSR count). The zero-order valence-electron chi connectivity index (χ0n) is 16.9. The van der Waals surface area contributed by atoms with Crippen LogP contribution in [-0.4, -0.2) is 61.1 Å². The molecule has 0 spiro atoms. The Morgan fingerprint density at radius 1 is 1.10 bits per heavy atom. The summed E-state index contributed by atoms with van der Waals surface area (Å²) < 4.78 is 35.4. The third-order valence-corrected chi connectivity index (χ3v) is 5.54. The quantitative estimate of drug-likeness (QED) is 0.634. The van der Waals surface area contributed by atoms with Crippen molar-refractivity contribution in [2.75, 3.05) is 43.1 Å². The second kappa shape index (κ2) is 11.7. The number of carbonyl (C=O) groups is 2. The maximum atomic E-state index is 12.8. The van der Waals surface area contributed by atoms with E-state index in [0.717, 1.165) is 5.56 Å². The number of anilines is 1. The van der Waals surface area contributed by atoms with Crippen LogP contribution in [0.4, 0.5) is 14.5 Å². The fourth-order valence-electron chi connectivity index (χ4n) is 3.15. The smallest absolute Gasteiger partial charge is 0.387 e. The number of nitrogens with zero attached hydrogens (tertiary/aromatic N) is 1. The molecule has 0 saturated carbocycles. The fraction of sp³-hybridized carbons (Fsp3) is 0.364. The van der Waals surface area contributed by atoms with Crippen molar-refractivity contribution in [3.63, 3.8) is 0 Å². The predicted octanol–water partition coefficient (Wildman–Crippen LogP) is 3.41. The van der Waals surface area contributed by atoms with Gasteiger partial charge in [-0.05, 0) is 23.8 Å². The average molecular weight is 451 g/mol. The first-order valence-electron chi connectivity index (χ1n) is 9.86. The second-order valence-electron chi connectivity index (χ2n) is 6.90. The molecule has 1 aliphatic heterocycles. The molecule has 9 heteroatoms. The van der Waals surface area contributed by atoms with E-state index in [2.05, 4.69) is 10.1 Å². The van der Waals surface area contributed by atoms with Gasteiger partial charge in [0.05, 0.1) is 24.7 Å². The van der Waals surface area contributed by atoms with Crippen LogP contribution in [0.15, 0.2) is 48.5 Å². The van der Waals surface area contributed by atoms with Gasteiger partial charge in [-0.1, -0.05) is 30.3 Å². The molecule has 1 fully saturated rings. The van der Waals surface area contributed by atoms with Gasteiger partial charge in [-0.15, -0.1) is 11.8 Å². The van der Waals surface area contributed by atoms with Crippen molar-refractivity contribution in [1.29, 1.82) is 0 Å². The van der Waals surface area contributed by atoms with Crippen LogP contribution in [-0.2, 0) is 20.7 Å². The van der Waals surface area contributed by atoms with Crippen LogP contribution in [0.3, 0.4) is 0 Å². The molecule has 166 valence electrons. The number of hydrogen-bond acceptors (Lipinski definition) is 5. The molecule has 0 aliphatic carbocycles. The molecule has 1 saturated heterocycles. The topological polar surface area (TPSA) is 67.9 Å². The normalized spacial score (nSPS) is 13.8. The van der Waals surface area contributed by atoms with E-state index >= 15 is 0 Å². The van der Waals surface area contributed by atoms with E-state index < -0.39 is 6.61 Å². The third kappa shape index (κ3) is 7.52. The van der Waals surface area contributed by atoms with Gasteiger partial charge in [0.1, 0.15) is 5.75 Å². The van der Waals surface area contributed by atoms with E-state index in [1.165, 1.54) is 23.9 Å². The molecular weight excluding hydrogens is 426 g/mol. The summed E-state index contributed by atoms with van der Waals surface area (Å²) in [5.41, 5.74) is 1.96. The Morgan fingerprint density at radius 2 is 1.84 bits per heavy atom. The maximum Gasteiger partial charge on any atom is 0.387 e. The highest BCUT2D eigenvalue weighted by Gasteiger charge is 2.17. The zero-order valence-corrected chi connectivity index (χ0v) is 17.7. The van der Waals surface area contributed by atoms with Gasteiger partial charge in [-0.3, -0.25) is 9.59 Å². The zero-order chi connectivity index (χ0) is 22.1. The van der Waals surface area contributed by atoms with E-state index in [9.17, 15) is 18.4 Å². The molecule has 0 aromatic heterocycles. The molecule has 0 unspecified atom stereocenters. The number of morpholine rings is 1. The number of halogens is 2. The minimum atomic E-state index is -2.93. The van der Waals surface area contributed by atoms with Crippen molar-refractivity contribution >= 4 is 29.3 Å². The first-order valence-corrected chi connectivity index (χ1v) is 11.0. The van der Waals surface area contributed by atoms with Gasteiger partial charge in [0.15, 0.2) is 0 Å². The average Bonchev–Trinajstić information content (AvgIpc) is 2.76. The maximum absolute atomic E-state index is 12.8. The highest BCUT2D eigenvalue weighted by Crippen LogP contribution is 2.27. The molecule has 0 atom stereocenters. The summed E-state index contributed by atoms with van der Waals surface area (Å²) in [6, 6.07) is 14.0. The summed E-state index contributed by atoms with van der Waals surface area (Å²) in [6.45, 7) is -0.720. The Bertz CT molecular complexity index is 877. The monoisotopic (exact) mass is 450 g/mol. The van der Waals surface area contributed by atoms with Crippen molar-refractivity contribution < 1.29 is 27.8 Å². The van der Waals surface area contributed by atoms with Crippen molar-refractivity contribution in [1.82, 2.24) is 4.90 Å². The molecule has 0 bridgehead atoms. The number of rotatable bonds is 9. The number of hydrogen-bond donors (Lipinski definition) is 1. The van der Waals surface area contributed by atoms with Crippen LogP contribution in [0.5, 0.6) is 5.75 Å². The van der Waals surface area contributed by atoms with Crippen LogP contribution in [0.25, 0.3) is 0 Å². The lowest BCUT2D eigenvalue weighted by Crippen LogP contribution is -2.41. The Balaban J connectivity index is 1.56. The van der Waals surface area contributed by atoms with Crippen molar-refractivity contribution in [2.24, 2.45) is 0 Å². The number of ether oxygens (including phenoxy) is 2. The molecule has 1 heterocycles. The molecule has 2 aromatic rings. The highest BCUT2D eigenvalue weighted by atomic mass is 32.2. The van der Waals surface area contributed by atoms with Gasteiger partial charge in [-0.25, -0.2) is 0 Å². The predicted molar refractivity (Wildman–Crippen MR) is 116 cm³/mol. The van der Waals surface area contributed by atoms with Gasteiger partial charge in [-0.2, -0.15) is 8.78 Å². The van der Waals surface area contributed by atoms with Crippen LogP contribution >= 0.6 is 11.8 Å². The number of carbonyl (C=O) groups excluding carboxylic acids is 2. The summed E-state index contributed by atoms with van der Waals surface area (Å²) >= 11 is 1.23. The number of benzene rings is 2. The van der Waals surface area contributed by atoms with Crippen LogP contribution in [0, 0.1) is 0 Å². The number of alkyl halides is 2. The van der Waals surface area contributed by atoms with Crippen molar-refractivity contribution in [3.05, 3.63) is 59.7 Å². The summed E-state index contributed by atoms with van der Waals surface area (Å²) in [7, 11) is 0. The summed E-state index contributed by atoms with van der Waals surface area (Å²) in [5.74, 6) is 0.114. The van der Waals surface area contributed by atoms with E-state index in [0.29, 0.717) is 44.0 Å². The summed E-state index contributed by atoms with van der Waals surface area (Å²) in [4.78, 5) is 26.1. The van der Waals surface area contributed by atoms with Gasteiger partial charge in [0, 0.05) is 30.8 Å². The standard InChI is InChI=1S/C22H24F2N2O4S/c23-22(24)30-19-7-6-18(13-17(19)12-16-4-2-1-3-5-16)25-20(27)14-31-15-21(28)26-8-10-29-11-9-26/h1-7,13,22H,8-12,14-15H2,(H,25,27). The van der Waals surface area contributed by atoms with Crippen molar-refractivity contribution in [3.8, 4) is 5.75 Å². The van der Waals surface area contributed by atoms with Crippen LogP contribution in [0.2, 0.25) is 0 Å². The van der Waals surface area contributed by atoms with Gasteiger partial charge in [0.25, 0.3) is 0 Å². The number of thioether (sulfide) groups is 1. The first kappa shape index (κ1) is 23.0. The number of amides is 2. The van der Waals surface area contributed by atoms with Crippen LogP contribution in [0.1, 0.15) is 11.1 Å². The molecule has 6 nitrogen and oxygen atoms in total. The van der Waals surface area contributed by atoms with Crippen LogP contribution < -0.4 is 10.1 Å². The lowest BCUT2D eigenvalue weighted by Gasteiger charge is -2.26. The Hall–Kier alpha value is -2.65. The second-order valence-corrected chi connectivity index (χ2v) is 7.88. The molecular formula is C22H24F2N2O4S. The SMILES string of the molecule is O=C(CSCC(=O)N1CCOCC1)Nc1ccc(OC(F)F)c(Cc2ccccc2)c1. The van der Waals surface area contributed by atoms with E-state index in [-0.39, 0.29) is 29.1 Å². The Labute approximate surface area is 183 Å². The van der Waals surface area contributed by atoms with E-state index in [4.69, 9.17) is 4.74 Å². The molecule has 1 N–H and O–H groups in total. The molecule has 0 radical (unpaired) electrons. The highest BCUT2D eigenvalue weighted by molar-refractivity contribution is 8.00. The fourth-order valence-corrected chi connectivity index (χ4v) is 3.87. The molecule has 2 aromatic carbocycles. The summed E-state index contributed by atoms with van der Waals surface area (Å²) in [5, 5.41) is 2.75. The summed E-state index contributed by atoms with van der Waals surface area (Å²) in [6.07, 6.45) is 0.384. The lowest BCUT2D eigenvalue weighted by atomic mass is 10.0. The minimum absolute atomic E-state index is 0.0141. The van der Waals surface area contributed by atoms with Crippen molar-refractivity contribution in [2.45, 2.75) is 13.0 Å². The first-order chi connectivity index (χ1) is 15.0. The third-order valence-electron chi connectivity index (χ3n) is 4.62. The Kier molecular flexibility index (Phi) is 8.66. The van der Waals surface area contributed by atoms with E-state index in [1.54, 1.807) is 11.0 Å². The van der Waals surface area contributed by atoms with Gasteiger partial charge in [0.2, 0.25) is 11.8 Å². The largest absolute Gasteiger partial charge is 0.435 e. The molecule has 31 heavy (non-hydrogen) atoms. The van der Waals surface area contributed by atoms with Gasteiger partial charge < -0.3 is 19.7 Å². The molecule has 1 aliphatic rings. The molecule has 2 amide bonds. The minimum Gasteiger partial charge on any atom is -0.435 e. The Morgan fingerprint density at radius 3 is 2.55 bits per heavy atom. The van der Waals surface area contributed by atoms with Gasteiger partial charge >= 0.3 is 6.61 Å². The number of nitrogens with one attached hydrogen (secondary N) is 1. The lowest BCUT2D eigenvalue weighted by molar-refractivity contribution is -0.132. The van der Waals surface area contributed by atoms with E-state index in [1.807, 2.05) is 30.3 Å².